The smallest absolute Gasteiger partial charge is 0.410 e. The number of aromatic hydroxyl groups is 2. The van der Waals surface area contributed by atoms with Crippen molar-refractivity contribution in [3.8, 4) is 17.2 Å². The number of nitrogens with zero attached hydrogens (tertiary/aromatic N) is 3. The van der Waals surface area contributed by atoms with Crippen LogP contribution in [0.1, 0.15) is 104 Å². The van der Waals surface area contributed by atoms with Crippen LogP contribution in [0.5, 0.6) is 17.2 Å². The molecule has 5 heterocycles. The van der Waals surface area contributed by atoms with Crippen LogP contribution in [0.25, 0.3) is 10.8 Å². The van der Waals surface area contributed by atoms with Gasteiger partial charge in [0.15, 0.2) is 5.75 Å². The number of allylic oxidation sites excluding steroid dienone is 2. The van der Waals surface area contributed by atoms with Gasteiger partial charge in [0, 0.05) is 107 Å². The van der Waals surface area contributed by atoms with Gasteiger partial charge in [-0.3, -0.25) is 33.8 Å². The number of phenolic OH excluding ortho intramolecular Hbond substituents is 2. The van der Waals surface area contributed by atoms with Gasteiger partial charge in [-0.05, 0) is 25.8 Å². The zero-order chi connectivity index (χ0) is 59.7. The minimum atomic E-state index is -2.03. The summed E-state index contributed by atoms with van der Waals surface area (Å²) in [7, 11) is 1.42. The number of aliphatic hydroxyl groups excluding tert-OH is 1. The number of rotatable bonds is 15. The van der Waals surface area contributed by atoms with Gasteiger partial charge in [0.05, 0.1) is 41.7 Å². The van der Waals surface area contributed by atoms with E-state index < -0.39 is 126 Å². The van der Waals surface area contributed by atoms with Crippen molar-refractivity contribution in [1.82, 2.24) is 15.5 Å². The highest BCUT2D eigenvalue weighted by Gasteiger charge is 2.51. The average Bonchev–Trinajstić information content (AvgIpc) is 3.29. The Balaban J connectivity index is 1.35. The zero-order valence-corrected chi connectivity index (χ0v) is 48.2. The number of fused-ring (bicyclic) bond motifs is 13. The van der Waals surface area contributed by atoms with Crippen LogP contribution >= 0.6 is 0 Å². The molecule has 0 aliphatic carbocycles. The number of carbonyl (C=O) groups is 7. The van der Waals surface area contributed by atoms with E-state index in [0.717, 1.165) is 6.54 Å². The number of piperidine rings is 1. The lowest BCUT2D eigenvalue weighted by Crippen LogP contribution is -2.47. The summed E-state index contributed by atoms with van der Waals surface area (Å²) in [5, 5.41) is 44.9. The van der Waals surface area contributed by atoms with Crippen LogP contribution in [-0.4, -0.2) is 158 Å². The molecule has 9 atom stereocenters. The van der Waals surface area contributed by atoms with Gasteiger partial charge in [0.2, 0.25) is 6.79 Å². The number of carbonyl (C=O) groups excluding carboxylic acids is 7. The molecule has 6 N–H and O–H groups in total. The molecule has 7 rings (SSSR count). The molecule has 5 bridgehead atoms. The van der Waals surface area contributed by atoms with Crippen molar-refractivity contribution in [2.24, 2.45) is 39.6 Å². The van der Waals surface area contributed by atoms with Crippen molar-refractivity contribution in [2.45, 2.75) is 131 Å². The lowest BCUT2D eigenvalue weighted by atomic mass is 9.78. The molecule has 0 saturated carbocycles. The standard InChI is InChI=1S/C57H78N6O18/c1-13-38(65)76-28-77-55(73)59-26-39(66)75-24-20-58-25-40(67)80-50-30(4)15-14-16-31(5)54(72)60-46-45-44(61-57(62-45)18-21-63(22-19-57)27-29(2)3)41-42(49(46)70)48(69)35(9)52-43(41)53(71)56(11,81-52)78-23-17-37(74-12)32(6)51(79-36(10)64)34(8)47(68)33(50)7/h14-17,23,29-30,32-34,37,47,50-51,58,61,68-70H,13,18-22,24-28H2,1-12H3,(H,59,73)/b15-14+,23-17+,31-16-,60-46?/t30-,32+,33-,34+,37-,47+,50-,51+,56-/m0/s1. The van der Waals surface area contributed by atoms with Gasteiger partial charge in [0.25, 0.3) is 11.7 Å². The Labute approximate surface area is 470 Å². The van der Waals surface area contributed by atoms with Crippen LogP contribution in [0, 0.1) is 36.5 Å². The van der Waals surface area contributed by atoms with E-state index >= 15 is 0 Å². The molecule has 2 aromatic carbocycles. The van der Waals surface area contributed by atoms with E-state index in [0.29, 0.717) is 31.8 Å². The van der Waals surface area contributed by atoms with E-state index in [1.54, 1.807) is 46.8 Å². The molecule has 2 aromatic rings. The number of phenols is 2. The predicted molar refractivity (Wildman–Crippen MR) is 291 cm³/mol. The van der Waals surface area contributed by atoms with Crippen molar-refractivity contribution >= 4 is 58.1 Å². The summed E-state index contributed by atoms with van der Waals surface area (Å²) in [5.41, 5.74) is -0.424. The van der Waals surface area contributed by atoms with Gasteiger partial charge >= 0.3 is 35.8 Å². The molecule has 5 aliphatic heterocycles. The highest BCUT2D eigenvalue weighted by molar-refractivity contribution is 6.21. The molecule has 444 valence electrons. The van der Waals surface area contributed by atoms with Crippen LogP contribution < -0.4 is 31.4 Å². The van der Waals surface area contributed by atoms with Crippen LogP contribution in [0.15, 0.2) is 46.1 Å². The van der Waals surface area contributed by atoms with Crippen LogP contribution in [-0.2, 0) is 57.1 Å². The molecule has 24 nitrogen and oxygen atoms in total. The van der Waals surface area contributed by atoms with Crippen molar-refractivity contribution in [1.29, 1.82) is 0 Å². The van der Waals surface area contributed by atoms with E-state index in [1.165, 1.54) is 53.2 Å². The van der Waals surface area contributed by atoms with Gasteiger partial charge in [-0.15, -0.1) is 0 Å². The monoisotopic (exact) mass is 1130 g/mol. The molecule has 24 heteroatoms. The Hall–Kier alpha value is -7.15. The number of ketones is 1. The van der Waals surface area contributed by atoms with Crippen molar-refractivity contribution in [3.05, 3.63) is 58.0 Å². The van der Waals surface area contributed by atoms with E-state index in [4.69, 9.17) is 33.4 Å². The number of esters is 4. The first-order chi connectivity index (χ1) is 38.3. The summed E-state index contributed by atoms with van der Waals surface area (Å²) in [6.45, 7) is 18.8. The molecule has 0 aromatic heterocycles. The third-order valence-electron chi connectivity index (χ3n) is 15.0. The first kappa shape index (κ1) is 63.0. The zero-order valence-electron chi connectivity index (χ0n) is 48.2. The maximum Gasteiger partial charge on any atom is 0.410 e. The maximum atomic E-state index is 14.9. The Morgan fingerprint density at radius 3 is 2.23 bits per heavy atom. The van der Waals surface area contributed by atoms with E-state index in [1.807, 2.05) is 0 Å². The maximum absolute atomic E-state index is 14.9. The molecule has 1 spiro atoms. The summed E-state index contributed by atoms with van der Waals surface area (Å²) >= 11 is 0. The Bertz CT molecular complexity index is 2950. The molecular formula is C57H78N6O18. The first-order valence-electron chi connectivity index (χ1n) is 27.3. The third-order valence-corrected chi connectivity index (χ3v) is 15.0. The molecule has 0 radical (unpaired) electrons. The van der Waals surface area contributed by atoms with E-state index in [9.17, 15) is 48.9 Å². The SMILES string of the molecule is CCC(=O)OCOC(=O)NCC(=O)OCCNCC(=O)O[C@@H]1[C@@H](C)[C@@H](O)[C@@H](C)[C@H](OC(C)=O)[C@H](C)[C@@H](OC)/C=C/O[C@@]2(C)Oc3c(C)c(O)c4c(O)c(c5c(c4c3C2=O)NC2(CCN(CC(C)C)CC2)N=5)=NC(=O)/C(C)=C\C=C\[C@@H]1C. The molecule has 1 saturated heterocycles. The van der Waals surface area contributed by atoms with E-state index in [2.05, 4.69) is 49.2 Å². The molecule has 1 fully saturated rings. The second-order valence-electron chi connectivity index (χ2n) is 21.6. The molecule has 2 amide bonds. The number of likely N-dealkylation sites (tertiary alicyclic amines) is 1. The minimum Gasteiger partial charge on any atom is -0.507 e. The number of aliphatic hydroxyl groups is 1. The number of methoxy groups -OCH3 is 1. The molecule has 0 unspecified atom stereocenters. The van der Waals surface area contributed by atoms with Crippen molar-refractivity contribution in [3.63, 3.8) is 0 Å². The fraction of sp³-hybridized carbons (Fsp3) is 0.596. The van der Waals surface area contributed by atoms with Gasteiger partial charge in [0.1, 0.15) is 53.2 Å². The number of nitrogens with one attached hydrogen (secondary N) is 3. The van der Waals surface area contributed by atoms with Gasteiger partial charge in [-0.25, -0.2) is 9.79 Å². The first-order valence-corrected chi connectivity index (χ1v) is 27.3. The Morgan fingerprint density at radius 2 is 1.58 bits per heavy atom. The number of alkyl carbamates (subject to hydrolysis) is 1. The van der Waals surface area contributed by atoms with E-state index in [-0.39, 0.29) is 75.7 Å². The summed E-state index contributed by atoms with van der Waals surface area (Å²) in [6, 6.07) is 0. The number of hydrogen-bond acceptors (Lipinski definition) is 22. The number of ether oxygens (including phenoxy) is 8. The number of anilines is 1. The molecule has 5 aliphatic rings. The highest BCUT2D eigenvalue weighted by atomic mass is 16.7. The van der Waals surface area contributed by atoms with Crippen LogP contribution in [0.4, 0.5) is 10.5 Å². The number of Topliss-reactive ketones (excluding diaryl/α,β-unsaturated/α-hetero) is 1. The summed E-state index contributed by atoms with van der Waals surface area (Å²) in [6.07, 6.45) is 3.33. The Morgan fingerprint density at radius 1 is 0.889 bits per heavy atom. The number of benzene rings is 2. The topological polar surface area (TPSA) is 318 Å². The lowest BCUT2D eigenvalue weighted by molar-refractivity contribution is -0.165. The number of amides is 2. The second-order valence-corrected chi connectivity index (χ2v) is 21.6. The average molecular weight is 1140 g/mol. The second kappa shape index (κ2) is 27.1. The van der Waals surface area contributed by atoms with Crippen molar-refractivity contribution < 1.29 is 86.8 Å². The van der Waals surface area contributed by atoms with Gasteiger partial charge < -0.3 is 74.1 Å². The Kier molecular flexibility index (Phi) is 21.1. The quantitative estimate of drug-likeness (QED) is 0.0481. The largest absolute Gasteiger partial charge is 0.507 e. The van der Waals surface area contributed by atoms with Gasteiger partial charge in [-0.2, -0.15) is 0 Å². The fourth-order valence-corrected chi connectivity index (χ4v) is 10.6. The molecular weight excluding hydrogens is 1060 g/mol. The normalized spacial score (nSPS) is 27.1. The van der Waals surface area contributed by atoms with Crippen LogP contribution in [0.2, 0.25) is 0 Å². The minimum absolute atomic E-state index is 0.00735. The predicted octanol–water partition coefficient (Wildman–Crippen LogP) is 4.07. The van der Waals surface area contributed by atoms with Crippen molar-refractivity contribution in [2.75, 3.05) is 65.1 Å². The summed E-state index contributed by atoms with van der Waals surface area (Å²) < 4.78 is 44.7. The molecule has 81 heavy (non-hydrogen) atoms. The number of hydrogen-bond donors (Lipinski definition) is 6. The summed E-state index contributed by atoms with van der Waals surface area (Å²) in [5.74, 6) is -9.85. The lowest BCUT2D eigenvalue weighted by Gasteiger charge is -2.39. The fourth-order valence-electron chi connectivity index (χ4n) is 10.6. The summed E-state index contributed by atoms with van der Waals surface area (Å²) in [4.78, 5) is 103. The van der Waals surface area contributed by atoms with Gasteiger partial charge in [-0.1, -0.05) is 66.7 Å². The highest BCUT2D eigenvalue weighted by Crippen LogP contribution is 2.51. The third kappa shape index (κ3) is 14.7. The van der Waals surface area contributed by atoms with Crippen LogP contribution in [0.3, 0.4) is 0 Å².